The van der Waals surface area contributed by atoms with Crippen LogP contribution in [0.1, 0.15) is 34.3 Å². The Kier molecular flexibility index (Phi) is 3.16. The molecule has 1 atom stereocenters. The van der Waals surface area contributed by atoms with Gasteiger partial charge >= 0.3 is 5.91 Å². The van der Waals surface area contributed by atoms with Crippen LogP contribution in [0.5, 0.6) is 0 Å². The van der Waals surface area contributed by atoms with Gasteiger partial charge in [-0.2, -0.15) is 16.4 Å². The summed E-state index contributed by atoms with van der Waals surface area (Å²) < 4.78 is 10.6. The minimum atomic E-state index is -0.247. The van der Waals surface area contributed by atoms with E-state index in [2.05, 4.69) is 5.10 Å². The van der Waals surface area contributed by atoms with Crippen molar-refractivity contribution >= 4 is 23.0 Å². The average molecular weight is 312 g/mol. The smallest absolute Gasteiger partial charge is 0.310 e. The summed E-state index contributed by atoms with van der Waals surface area (Å²) in [5.74, 6) is 0.724. The van der Waals surface area contributed by atoms with Gasteiger partial charge in [0.1, 0.15) is 11.5 Å². The summed E-state index contributed by atoms with van der Waals surface area (Å²) in [7, 11) is 0. The summed E-state index contributed by atoms with van der Waals surface area (Å²) in [6, 6.07) is 8.88. The van der Waals surface area contributed by atoms with E-state index >= 15 is 0 Å². The highest BCUT2D eigenvalue weighted by Crippen LogP contribution is 2.34. The van der Waals surface area contributed by atoms with Crippen LogP contribution in [0.25, 0.3) is 0 Å². The summed E-state index contributed by atoms with van der Waals surface area (Å²) in [5.41, 5.74) is 1.83. The molecule has 0 aromatic carbocycles. The number of furan rings is 2. The fraction of sp³-hybridized carbons (Fsp3) is 0.125. The van der Waals surface area contributed by atoms with E-state index in [1.807, 2.05) is 29.0 Å². The number of rotatable bonds is 3. The third kappa shape index (κ3) is 2.17. The Bertz CT molecular complexity index is 789. The van der Waals surface area contributed by atoms with Crippen LogP contribution in [0.3, 0.4) is 0 Å². The number of carbonyl (C=O) groups is 1. The molecule has 0 fully saturated rings. The van der Waals surface area contributed by atoms with Crippen molar-refractivity contribution in [2.24, 2.45) is 5.10 Å². The zero-order chi connectivity index (χ0) is 14.9. The number of amides is 1. The minimum Gasteiger partial charge on any atom is -0.463 e. The van der Waals surface area contributed by atoms with Crippen molar-refractivity contribution in [1.82, 2.24) is 5.01 Å². The van der Waals surface area contributed by atoms with Crippen molar-refractivity contribution in [2.45, 2.75) is 12.5 Å². The summed E-state index contributed by atoms with van der Waals surface area (Å²) in [6.07, 6.45) is 3.71. The second kappa shape index (κ2) is 5.31. The van der Waals surface area contributed by atoms with Crippen LogP contribution in [0.4, 0.5) is 0 Å². The van der Waals surface area contributed by atoms with Crippen LogP contribution < -0.4 is 0 Å². The molecule has 0 N–H and O–H groups in total. The summed E-state index contributed by atoms with van der Waals surface area (Å²) in [5, 5.41) is 9.99. The maximum absolute atomic E-state index is 12.6. The highest BCUT2D eigenvalue weighted by Gasteiger charge is 2.35. The van der Waals surface area contributed by atoms with Gasteiger partial charge < -0.3 is 8.83 Å². The molecule has 0 saturated heterocycles. The zero-order valence-corrected chi connectivity index (χ0v) is 12.3. The molecule has 1 aliphatic heterocycles. The Balaban J connectivity index is 1.71. The summed E-state index contributed by atoms with van der Waals surface area (Å²) in [4.78, 5) is 12.6. The maximum atomic E-state index is 12.6. The molecule has 4 heterocycles. The van der Waals surface area contributed by atoms with E-state index in [1.54, 1.807) is 29.7 Å². The molecule has 1 aliphatic rings. The normalized spacial score (nSPS) is 17.7. The minimum absolute atomic E-state index is 0.135. The lowest BCUT2D eigenvalue weighted by molar-refractivity contribution is 0.0679. The van der Waals surface area contributed by atoms with Crippen molar-refractivity contribution in [1.29, 1.82) is 0 Å². The molecular formula is C16H12N2O3S. The van der Waals surface area contributed by atoms with Gasteiger partial charge in [0.05, 0.1) is 18.6 Å². The van der Waals surface area contributed by atoms with Crippen molar-refractivity contribution in [3.05, 3.63) is 70.7 Å². The van der Waals surface area contributed by atoms with Crippen LogP contribution >= 0.6 is 11.3 Å². The molecule has 0 aliphatic carbocycles. The molecule has 0 bridgehead atoms. The van der Waals surface area contributed by atoms with Crippen LogP contribution in [0.2, 0.25) is 0 Å². The predicted molar refractivity (Wildman–Crippen MR) is 81.8 cm³/mol. The first kappa shape index (κ1) is 13.1. The van der Waals surface area contributed by atoms with Crippen LogP contribution in [-0.4, -0.2) is 16.6 Å². The second-order valence-corrected chi connectivity index (χ2v) is 5.71. The predicted octanol–water partition coefficient (Wildman–Crippen LogP) is 3.93. The van der Waals surface area contributed by atoms with Crippen molar-refractivity contribution in [2.75, 3.05) is 0 Å². The molecule has 4 rings (SSSR count). The number of carbonyl (C=O) groups excluding carboxylic acids is 1. The lowest BCUT2D eigenvalue weighted by Crippen LogP contribution is -2.26. The molecule has 110 valence electrons. The molecule has 0 spiro atoms. The average Bonchev–Trinajstić information content (AvgIpc) is 3.35. The number of nitrogens with zero attached hydrogens (tertiary/aromatic N) is 2. The van der Waals surface area contributed by atoms with Crippen LogP contribution in [-0.2, 0) is 0 Å². The Morgan fingerprint density at radius 3 is 2.77 bits per heavy atom. The van der Waals surface area contributed by atoms with E-state index in [-0.39, 0.29) is 17.7 Å². The van der Waals surface area contributed by atoms with Gasteiger partial charge in [0.2, 0.25) is 0 Å². The van der Waals surface area contributed by atoms with Gasteiger partial charge in [-0.3, -0.25) is 4.79 Å². The highest BCUT2D eigenvalue weighted by molar-refractivity contribution is 7.08. The van der Waals surface area contributed by atoms with Gasteiger partial charge in [-0.1, -0.05) is 0 Å². The van der Waals surface area contributed by atoms with Crippen LogP contribution in [0, 0.1) is 0 Å². The van der Waals surface area contributed by atoms with Gasteiger partial charge in [-0.15, -0.1) is 0 Å². The molecule has 3 aromatic heterocycles. The molecule has 0 unspecified atom stereocenters. The molecular weight excluding hydrogens is 300 g/mol. The van der Waals surface area contributed by atoms with Crippen molar-refractivity contribution in [3.63, 3.8) is 0 Å². The van der Waals surface area contributed by atoms with E-state index in [4.69, 9.17) is 8.83 Å². The van der Waals surface area contributed by atoms with Gasteiger partial charge in [-0.05, 0) is 46.7 Å². The fourth-order valence-electron chi connectivity index (χ4n) is 2.53. The number of hydrogen-bond donors (Lipinski definition) is 0. The topological polar surface area (TPSA) is 59.0 Å². The van der Waals surface area contributed by atoms with Gasteiger partial charge in [-0.25, -0.2) is 5.01 Å². The largest absolute Gasteiger partial charge is 0.463 e. The molecule has 3 aromatic rings. The van der Waals surface area contributed by atoms with E-state index in [1.165, 1.54) is 11.3 Å². The van der Waals surface area contributed by atoms with E-state index < -0.39 is 0 Å². The highest BCUT2D eigenvalue weighted by atomic mass is 32.1. The Hall–Kier alpha value is -2.60. The first-order valence-corrected chi connectivity index (χ1v) is 7.78. The van der Waals surface area contributed by atoms with Crippen molar-refractivity contribution in [3.8, 4) is 0 Å². The molecule has 6 heteroatoms. The van der Waals surface area contributed by atoms with E-state index in [9.17, 15) is 4.79 Å². The molecule has 0 radical (unpaired) electrons. The molecule has 5 nitrogen and oxygen atoms in total. The van der Waals surface area contributed by atoms with E-state index in [0.717, 1.165) is 11.3 Å². The maximum Gasteiger partial charge on any atom is 0.310 e. The zero-order valence-electron chi connectivity index (χ0n) is 11.5. The van der Waals surface area contributed by atoms with Crippen LogP contribution in [0.15, 0.2) is 67.6 Å². The summed E-state index contributed by atoms with van der Waals surface area (Å²) in [6.45, 7) is 0. The Morgan fingerprint density at radius 1 is 1.23 bits per heavy atom. The standard InChI is InChI=1S/C16H12N2O3S/c19-16(15-4-2-7-21-15)18-13(11-5-8-22-10-11)9-12(17-18)14-3-1-6-20-14/h1-8,10,13H,9H2/t13-/m0/s1. The lowest BCUT2D eigenvalue weighted by Gasteiger charge is -2.19. The van der Waals surface area contributed by atoms with Gasteiger partial charge in [0, 0.05) is 6.42 Å². The Labute approximate surface area is 130 Å². The third-order valence-electron chi connectivity index (χ3n) is 3.58. The first-order chi connectivity index (χ1) is 10.8. The van der Waals surface area contributed by atoms with Crippen molar-refractivity contribution < 1.29 is 13.6 Å². The third-order valence-corrected chi connectivity index (χ3v) is 4.29. The molecule has 1 amide bonds. The monoisotopic (exact) mass is 312 g/mol. The SMILES string of the molecule is O=C(c1ccco1)N1N=C(c2ccco2)C[C@H]1c1ccsc1. The number of hydrazone groups is 1. The molecule has 22 heavy (non-hydrogen) atoms. The first-order valence-electron chi connectivity index (χ1n) is 6.83. The van der Waals surface area contributed by atoms with E-state index in [0.29, 0.717) is 12.2 Å². The summed E-state index contributed by atoms with van der Waals surface area (Å²) >= 11 is 1.60. The lowest BCUT2D eigenvalue weighted by atomic mass is 10.0. The fourth-order valence-corrected chi connectivity index (χ4v) is 3.23. The van der Waals surface area contributed by atoms with Gasteiger partial charge in [0.25, 0.3) is 0 Å². The number of hydrogen-bond acceptors (Lipinski definition) is 5. The quantitative estimate of drug-likeness (QED) is 0.736. The Morgan fingerprint density at radius 2 is 2.09 bits per heavy atom. The number of thiophene rings is 1. The molecule has 0 saturated carbocycles. The van der Waals surface area contributed by atoms with Gasteiger partial charge in [0.15, 0.2) is 5.76 Å². The second-order valence-electron chi connectivity index (χ2n) is 4.93.